The van der Waals surface area contributed by atoms with Crippen LogP contribution in [0.25, 0.3) is 16.7 Å². The van der Waals surface area contributed by atoms with Crippen LogP contribution in [0.5, 0.6) is 0 Å². The zero-order chi connectivity index (χ0) is 22.0. The molecule has 0 aliphatic carbocycles. The molecule has 0 saturated carbocycles. The van der Waals surface area contributed by atoms with E-state index >= 15 is 0 Å². The van der Waals surface area contributed by atoms with Crippen LogP contribution in [-0.4, -0.2) is 56.7 Å². The number of carbonyl (C=O) groups excluding carboxylic acids is 1. The van der Waals surface area contributed by atoms with Gasteiger partial charge >= 0.3 is 0 Å². The number of benzene rings is 1. The third kappa shape index (κ3) is 4.40. The Bertz CT molecular complexity index is 1040. The molecule has 1 fully saturated rings. The number of hydrogen-bond donors (Lipinski definition) is 0. The van der Waals surface area contributed by atoms with E-state index < -0.39 is 0 Å². The maximum atomic E-state index is 12.5. The van der Waals surface area contributed by atoms with Gasteiger partial charge in [0.1, 0.15) is 11.6 Å². The summed E-state index contributed by atoms with van der Waals surface area (Å²) in [5.41, 5.74) is 1.83. The lowest BCUT2D eigenvalue weighted by molar-refractivity contribution is -0.132. The van der Waals surface area contributed by atoms with Crippen LogP contribution in [0.3, 0.4) is 0 Å². The minimum atomic E-state index is 0.250. The summed E-state index contributed by atoms with van der Waals surface area (Å²) in [5.74, 6) is 2.67. The predicted octanol–water partition coefficient (Wildman–Crippen LogP) is 4.02. The van der Waals surface area contributed by atoms with Crippen molar-refractivity contribution < 1.29 is 4.79 Å². The van der Waals surface area contributed by atoms with Gasteiger partial charge in [0.15, 0.2) is 5.65 Å². The minimum Gasteiger partial charge on any atom is -0.352 e. The van der Waals surface area contributed by atoms with Gasteiger partial charge in [-0.15, -0.1) is 0 Å². The highest BCUT2D eigenvalue weighted by atomic mass is 16.2. The maximum Gasteiger partial charge on any atom is 0.222 e. The number of amides is 1. The molecular formula is C24H32N6O. The molecule has 3 heterocycles. The van der Waals surface area contributed by atoms with Gasteiger partial charge in [-0.05, 0) is 24.5 Å². The fourth-order valence-corrected chi connectivity index (χ4v) is 3.96. The number of piperazine rings is 1. The van der Waals surface area contributed by atoms with Crippen LogP contribution in [-0.2, 0) is 4.79 Å². The van der Waals surface area contributed by atoms with E-state index in [0.29, 0.717) is 12.3 Å². The summed E-state index contributed by atoms with van der Waals surface area (Å²) in [7, 11) is 0. The van der Waals surface area contributed by atoms with E-state index in [1.165, 1.54) is 0 Å². The number of fused-ring (bicyclic) bond motifs is 1. The summed E-state index contributed by atoms with van der Waals surface area (Å²) in [4.78, 5) is 26.6. The quantitative estimate of drug-likeness (QED) is 0.602. The number of anilines is 1. The van der Waals surface area contributed by atoms with Crippen LogP contribution < -0.4 is 4.90 Å². The Balaban J connectivity index is 1.68. The molecule has 31 heavy (non-hydrogen) atoms. The first-order chi connectivity index (χ1) is 15.0. The zero-order valence-corrected chi connectivity index (χ0v) is 19.0. The van der Waals surface area contributed by atoms with Crippen LogP contribution in [0, 0.1) is 5.92 Å². The number of carbonyl (C=O) groups is 1. The zero-order valence-electron chi connectivity index (χ0n) is 19.0. The Morgan fingerprint density at radius 3 is 2.39 bits per heavy atom. The Morgan fingerprint density at radius 2 is 1.74 bits per heavy atom. The van der Waals surface area contributed by atoms with E-state index in [0.717, 1.165) is 61.0 Å². The molecule has 0 radical (unpaired) electrons. The maximum absolute atomic E-state index is 12.5. The van der Waals surface area contributed by atoms with E-state index in [1.807, 2.05) is 46.1 Å². The largest absolute Gasteiger partial charge is 0.352 e. The second kappa shape index (κ2) is 9.04. The highest BCUT2D eigenvalue weighted by molar-refractivity contribution is 5.88. The summed E-state index contributed by atoms with van der Waals surface area (Å²) in [5, 5.41) is 5.60. The van der Waals surface area contributed by atoms with Crippen LogP contribution in [0.2, 0.25) is 0 Å². The lowest BCUT2D eigenvalue weighted by atomic mass is 10.1. The Kier molecular flexibility index (Phi) is 6.20. The molecule has 4 rings (SSSR count). The predicted molar refractivity (Wildman–Crippen MR) is 124 cm³/mol. The first-order valence-corrected chi connectivity index (χ1v) is 11.3. The van der Waals surface area contributed by atoms with Gasteiger partial charge in [-0.25, -0.2) is 14.6 Å². The smallest absolute Gasteiger partial charge is 0.222 e. The molecule has 1 aliphatic rings. The molecule has 1 amide bonds. The lowest BCUT2D eigenvalue weighted by Gasteiger charge is -2.36. The molecule has 0 bridgehead atoms. The third-order valence-corrected chi connectivity index (χ3v) is 5.99. The van der Waals surface area contributed by atoms with Gasteiger partial charge in [-0.2, -0.15) is 5.10 Å². The fraction of sp³-hybridized carbons (Fsp3) is 0.500. The molecule has 7 nitrogen and oxygen atoms in total. The standard InChI is InChI=1S/C24H32N6O/c1-5-18(4)22-26-23(29-13-11-28(12-14-29)21(31)15-17(2)3)20-16-25-30(24(20)27-22)19-9-7-6-8-10-19/h6-10,16-18H,5,11-15H2,1-4H3. The van der Waals surface area contributed by atoms with Crippen molar-refractivity contribution in [3.05, 3.63) is 42.4 Å². The van der Waals surface area contributed by atoms with Crippen molar-refractivity contribution in [3.63, 3.8) is 0 Å². The van der Waals surface area contributed by atoms with Crippen LogP contribution in [0.4, 0.5) is 5.82 Å². The molecule has 0 spiro atoms. The van der Waals surface area contributed by atoms with Gasteiger partial charge in [0.05, 0.1) is 17.3 Å². The van der Waals surface area contributed by atoms with Crippen molar-refractivity contribution in [2.45, 2.75) is 46.5 Å². The van der Waals surface area contributed by atoms with Crippen LogP contribution >= 0.6 is 0 Å². The third-order valence-electron chi connectivity index (χ3n) is 5.99. The minimum absolute atomic E-state index is 0.250. The molecule has 164 valence electrons. The van der Waals surface area contributed by atoms with Crippen molar-refractivity contribution in [1.82, 2.24) is 24.6 Å². The molecule has 7 heteroatoms. The summed E-state index contributed by atoms with van der Waals surface area (Å²) in [6, 6.07) is 10.1. The molecule has 2 aromatic heterocycles. The van der Waals surface area contributed by atoms with E-state index in [9.17, 15) is 4.79 Å². The SMILES string of the molecule is CCC(C)c1nc(N2CCN(C(=O)CC(C)C)CC2)c2cnn(-c3ccccc3)c2n1. The summed E-state index contributed by atoms with van der Waals surface area (Å²) in [6.45, 7) is 11.5. The highest BCUT2D eigenvalue weighted by Gasteiger charge is 2.26. The average molecular weight is 421 g/mol. The molecule has 1 atom stereocenters. The van der Waals surface area contributed by atoms with E-state index in [2.05, 4.69) is 37.7 Å². The first kappa shape index (κ1) is 21.3. The van der Waals surface area contributed by atoms with E-state index in [1.54, 1.807) is 0 Å². The number of aromatic nitrogens is 4. The molecule has 3 aromatic rings. The van der Waals surface area contributed by atoms with Crippen molar-refractivity contribution in [2.24, 2.45) is 5.92 Å². The van der Waals surface area contributed by atoms with Crippen molar-refractivity contribution in [3.8, 4) is 5.69 Å². The number of para-hydroxylation sites is 1. The molecular weight excluding hydrogens is 388 g/mol. The average Bonchev–Trinajstić information content (AvgIpc) is 3.22. The summed E-state index contributed by atoms with van der Waals surface area (Å²) >= 11 is 0. The van der Waals surface area contributed by atoms with E-state index in [4.69, 9.17) is 9.97 Å². The second-order valence-corrected chi connectivity index (χ2v) is 8.81. The van der Waals surface area contributed by atoms with Gasteiger partial charge in [0.2, 0.25) is 5.91 Å². The Morgan fingerprint density at radius 1 is 1.03 bits per heavy atom. The van der Waals surface area contributed by atoms with Gasteiger partial charge in [0, 0.05) is 38.5 Å². The molecule has 1 aromatic carbocycles. The van der Waals surface area contributed by atoms with Crippen LogP contribution in [0.15, 0.2) is 36.5 Å². The normalized spacial score (nSPS) is 15.6. The molecule has 1 aliphatic heterocycles. The Labute approximate surface area is 184 Å². The highest BCUT2D eigenvalue weighted by Crippen LogP contribution is 2.29. The number of rotatable bonds is 6. The van der Waals surface area contributed by atoms with E-state index in [-0.39, 0.29) is 11.8 Å². The molecule has 1 saturated heterocycles. The van der Waals surface area contributed by atoms with Crippen molar-refractivity contribution in [2.75, 3.05) is 31.1 Å². The van der Waals surface area contributed by atoms with Gasteiger partial charge in [0.25, 0.3) is 0 Å². The second-order valence-electron chi connectivity index (χ2n) is 8.81. The van der Waals surface area contributed by atoms with Gasteiger partial charge in [-0.3, -0.25) is 4.79 Å². The summed E-state index contributed by atoms with van der Waals surface area (Å²) < 4.78 is 1.90. The Hall–Kier alpha value is -2.96. The topological polar surface area (TPSA) is 67.2 Å². The number of hydrogen-bond acceptors (Lipinski definition) is 5. The van der Waals surface area contributed by atoms with Crippen LogP contribution in [0.1, 0.15) is 52.3 Å². The number of nitrogens with zero attached hydrogens (tertiary/aromatic N) is 6. The lowest BCUT2D eigenvalue weighted by Crippen LogP contribution is -2.49. The molecule has 1 unspecified atom stereocenters. The fourth-order valence-electron chi connectivity index (χ4n) is 3.96. The van der Waals surface area contributed by atoms with Gasteiger partial charge < -0.3 is 9.80 Å². The summed E-state index contributed by atoms with van der Waals surface area (Å²) in [6.07, 6.45) is 3.45. The van der Waals surface area contributed by atoms with Gasteiger partial charge in [-0.1, -0.05) is 45.9 Å². The first-order valence-electron chi connectivity index (χ1n) is 11.3. The monoisotopic (exact) mass is 420 g/mol. The van der Waals surface area contributed by atoms with Crippen molar-refractivity contribution in [1.29, 1.82) is 0 Å². The van der Waals surface area contributed by atoms with Crippen molar-refractivity contribution >= 4 is 22.8 Å². The molecule has 0 N–H and O–H groups in total.